The Hall–Kier alpha value is -0.940. The topological polar surface area (TPSA) is 37.8 Å². The number of anilines is 1. The van der Waals surface area contributed by atoms with Crippen molar-refractivity contribution < 1.29 is 0 Å². The van der Waals surface area contributed by atoms with Crippen molar-refractivity contribution in [2.75, 3.05) is 11.9 Å². The minimum absolute atomic E-state index is 0.771. The van der Waals surface area contributed by atoms with Gasteiger partial charge in [-0.25, -0.2) is 9.97 Å². The summed E-state index contributed by atoms with van der Waals surface area (Å²) in [6, 6.07) is 8.13. The van der Waals surface area contributed by atoms with Gasteiger partial charge in [0.15, 0.2) is 5.82 Å². The van der Waals surface area contributed by atoms with Crippen molar-refractivity contribution in [1.29, 1.82) is 0 Å². The lowest BCUT2D eigenvalue weighted by Crippen LogP contribution is -2.05. The highest BCUT2D eigenvalue weighted by Crippen LogP contribution is 2.28. The zero-order valence-electron chi connectivity index (χ0n) is 12.3. The van der Waals surface area contributed by atoms with Crippen LogP contribution in [0.5, 0.6) is 0 Å². The van der Waals surface area contributed by atoms with E-state index in [1.54, 1.807) is 0 Å². The van der Waals surface area contributed by atoms with Crippen molar-refractivity contribution in [1.82, 2.24) is 9.97 Å². The number of halogens is 2. The molecular weight excluding hydrogens is 394 g/mol. The molecule has 0 aliphatic rings. The lowest BCUT2D eigenvalue weighted by molar-refractivity contribution is 0.872. The zero-order chi connectivity index (χ0) is 15.2. The predicted octanol–water partition coefficient (Wildman–Crippen LogP) is 5.44. The summed E-state index contributed by atoms with van der Waals surface area (Å²) in [5.74, 6) is 1.68. The van der Waals surface area contributed by atoms with Crippen molar-refractivity contribution in [3.05, 3.63) is 38.9 Å². The van der Waals surface area contributed by atoms with Gasteiger partial charge in [0, 0.05) is 32.8 Å². The van der Waals surface area contributed by atoms with E-state index in [1.165, 1.54) is 0 Å². The molecule has 0 unspecified atom stereocenters. The fourth-order valence-corrected chi connectivity index (χ4v) is 2.62. The summed E-state index contributed by atoms with van der Waals surface area (Å²) in [5.41, 5.74) is 2.10. The molecule has 0 saturated carbocycles. The molecule has 0 radical (unpaired) electrons. The molecule has 0 saturated heterocycles. The van der Waals surface area contributed by atoms with Gasteiger partial charge in [0.1, 0.15) is 5.82 Å². The van der Waals surface area contributed by atoms with Crippen LogP contribution in [0.3, 0.4) is 0 Å². The lowest BCUT2D eigenvalue weighted by Gasteiger charge is -2.10. The second kappa shape index (κ2) is 7.90. The third kappa shape index (κ3) is 4.51. The standard InChI is InChI=1S/C16H19Br2N3/c1-3-5-12-10-15(19-8-4-2)21-16(20-12)11-6-7-13(17)14(18)9-11/h6-7,9-10H,3-5,8H2,1-2H3,(H,19,20,21). The number of hydrogen-bond acceptors (Lipinski definition) is 3. The van der Waals surface area contributed by atoms with Gasteiger partial charge in [-0.05, 0) is 62.9 Å². The maximum atomic E-state index is 4.68. The summed E-state index contributed by atoms with van der Waals surface area (Å²) in [7, 11) is 0. The Kier molecular flexibility index (Phi) is 6.18. The SMILES string of the molecule is CCCNc1cc(CCC)nc(-c2ccc(Br)c(Br)c2)n1. The number of aromatic nitrogens is 2. The smallest absolute Gasteiger partial charge is 0.161 e. The highest BCUT2D eigenvalue weighted by Gasteiger charge is 2.08. The molecule has 1 aromatic carbocycles. The van der Waals surface area contributed by atoms with Crippen molar-refractivity contribution in [2.45, 2.75) is 33.1 Å². The van der Waals surface area contributed by atoms with Crippen LogP contribution in [0.2, 0.25) is 0 Å². The minimum atomic E-state index is 0.771. The maximum Gasteiger partial charge on any atom is 0.161 e. The first-order valence-corrected chi connectivity index (χ1v) is 8.80. The number of rotatable bonds is 6. The molecule has 5 heteroatoms. The quantitative estimate of drug-likeness (QED) is 0.685. The highest BCUT2D eigenvalue weighted by molar-refractivity contribution is 9.13. The molecule has 0 fully saturated rings. The molecule has 1 heterocycles. The normalized spacial score (nSPS) is 10.7. The van der Waals surface area contributed by atoms with Crippen LogP contribution >= 0.6 is 31.9 Å². The Morgan fingerprint density at radius 3 is 2.48 bits per heavy atom. The minimum Gasteiger partial charge on any atom is -0.370 e. The molecule has 0 aliphatic heterocycles. The molecule has 0 spiro atoms. The number of nitrogens with one attached hydrogen (secondary N) is 1. The van der Waals surface area contributed by atoms with Crippen LogP contribution < -0.4 is 5.32 Å². The lowest BCUT2D eigenvalue weighted by atomic mass is 10.2. The van der Waals surface area contributed by atoms with Crippen molar-refractivity contribution >= 4 is 37.7 Å². The van der Waals surface area contributed by atoms with E-state index in [9.17, 15) is 0 Å². The fraction of sp³-hybridized carbons (Fsp3) is 0.375. The van der Waals surface area contributed by atoms with Crippen LogP contribution in [0, 0.1) is 0 Å². The first-order chi connectivity index (χ1) is 10.1. The molecule has 2 rings (SSSR count). The Balaban J connectivity index is 2.40. The molecule has 112 valence electrons. The van der Waals surface area contributed by atoms with Crippen LogP contribution in [-0.4, -0.2) is 16.5 Å². The van der Waals surface area contributed by atoms with Crippen molar-refractivity contribution in [3.8, 4) is 11.4 Å². The van der Waals surface area contributed by atoms with E-state index < -0.39 is 0 Å². The Labute approximate surface area is 142 Å². The number of nitrogens with zero attached hydrogens (tertiary/aromatic N) is 2. The molecule has 0 atom stereocenters. The van der Waals surface area contributed by atoms with Gasteiger partial charge in [0.2, 0.25) is 0 Å². The molecular formula is C16H19Br2N3. The first kappa shape index (κ1) is 16.4. The van der Waals surface area contributed by atoms with Crippen LogP contribution in [0.4, 0.5) is 5.82 Å². The average molecular weight is 413 g/mol. The van der Waals surface area contributed by atoms with Gasteiger partial charge in [0.25, 0.3) is 0 Å². The summed E-state index contributed by atoms with van der Waals surface area (Å²) in [6.45, 7) is 5.23. The second-order valence-electron chi connectivity index (χ2n) is 4.87. The van der Waals surface area contributed by atoms with E-state index in [1.807, 2.05) is 18.2 Å². The second-order valence-corrected chi connectivity index (χ2v) is 6.58. The van der Waals surface area contributed by atoms with Gasteiger partial charge in [-0.15, -0.1) is 0 Å². The number of aryl methyl sites for hydroxylation is 1. The monoisotopic (exact) mass is 411 g/mol. The third-order valence-corrected chi connectivity index (χ3v) is 4.90. The van der Waals surface area contributed by atoms with E-state index in [0.29, 0.717) is 0 Å². The molecule has 1 aromatic heterocycles. The maximum absolute atomic E-state index is 4.68. The van der Waals surface area contributed by atoms with E-state index >= 15 is 0 Å². The van der Waals surface area contributed by atoms with Crippen LogP contribution in [0.25, 0.3) is 11.4 Å². The summed E-state index contributed by atoms with van der Waals surface area (Å²) >= 11 is 7.02. The molecule has 1 N–H and O–H groups in total. The fourth-order valence-electron chi connectivity index (χ4n) is 1.99. The van der Waals surface area contributed by atoms with E-state index in [2.05, 4.69) is 67.1 Å². The average Bonchev–Trinajstić information content (AvgIpc) is 2.48. The predicted molar refractivity (Wildman–Crippen MR) is 95.6 cm³/mol. The van der Waals surface area contributed by atoms with Gasteiger partial charge in [-0.3, -0.25) is 0 Å². The number of hydrogen-bond donors (Lipinski definition) is 1. The number of benzene rings is 1. The molecule has 3 nitrogen and oxygen atoms in total. The largest absolute Gasteiger partial charge is 0.370 e. The molecule has 0 amide bonds. The van der Waals surface area contributed by atoms with E-state index in [0.717, 1.165) is 57.7 Å². The van der Waals surface area contributed by atoms with Gasteiger partial charge < -0.3 is 5.32 Å². The van der Waals surface area contributed by atoms with Gasteiger partial charge in [-0.1, -0.05) is 20.3 Å². The summed E-state index contributed by atoms with van der Waals surface area (Å²) in [5, 5.41) is 3.36. The van der Waals surface area contributed by atoms with E-state index in [4.69, 9.17) is 0 Å². The first-order valence-electron chi connectivity index (χ1n) is 7.21. The highest BCUT2D eigenvalue weighted by atomic mass is 79.9. The summed E-state index contributed by atoms with van der Waals surface area (Å²) in [6.07, 6.45) is 3.12. The van der Waals surface area contributed by atoms with Crippen molar-refractivity contribution in [2.24, 2.45) is 0 Å². The van der Waals surface area contributed by atoms with Crippen LogP contribution in [0.1, 0.15) is 32.4 Å². The molecule has 21 heavy (non-hydrogen) atoms. The summed E-state index contributed by atoms with van der Waals surface area (Å²) in [4.78, 5) is 9.32. The summed E-state index contributed by atoms with van der Waals surface area (Å²) < 4.78 is 2.04. The van der Waals surface area contributed by atoms with Gasteiger partial charge in [-0.2, -0.15) is 0 Å². The van der Waals surface area contributed by atoms with Gasteiger partial charge in [0.05, 0.1) is 0 Å². The molecule has 0 bridgehead atoms. The molecule has 0 aliphatic carbocycles. The van der Waals surface area contributed by atoms with Gasteiger partial charge >= 0.3 is 0 Å². The van der Waals surface area contributed by atoms with Crippen LogP contribution in [0.15, 0.2) is 33.2 Å². The third-order valence-electron chi connectivity index (χ3n) is 3.02. The van der Waals surface area contributed by atoms with E-state index in [-0.39, 0.29) is 0 Å². The van der Waals surface area contributed by atoms with Crippen molar-refractivity contribution in [3.63, 3.8) is 0 Å². The Morgan fingerprint density at radius 2 is 1.81 bits per heavy atom. The van der Waals surface area contributed by atoms with Crippen LogP contribution in [-0.2, 0) is 6.42 Å². The molecule has 2 aromatic rings. The Morgan fingerprint density at radius 1 is 1.00 bits per heavy atom. The Bertz CT molecular complexity index is 614. The zero-order valence-corrected chi connectivity index (χ0v) is 15.5.